The second-order valence-electron chi connectivity index (χ2n) is 4.43. The van der Waals surface area contributed by atoms with E-state index in [1.807, 2.05) is 6.07 Å². The van der Waals surface area contributed by atoms with Gasteiger partial charge in [-0.3, -0.25) is 4.79 Å². The molecule has 0 atom stereocenters. The monoisotopic (exact) mass is 259 g/mol. The first kappa shape index (κ1) is 12.9. The third-order valence-electron chi connectivity index (χ3n) is 2.73. The molecule has 0 fully saturated rings. The molecule has 0 aliphatic rings. The van der Waals surface area contributed by atoms with Gasteiger partial charge in [0.05, 0.1) is 29.9 Å². The van der Waals surface area contributed by atoms with Gasteiger partial charge >= 0.3 is 0 Å². The Labute approximate surface area is 111 Å². The van der Waals surface area contributed by atoms with Crippen LogP contribution in [-0.2, 0) is 6.54 Å². The number of amides is 1. The Kier molecular flexibility index (Phi) is 3.70. The van der Waals surface area contributed by atoms with Crippen LogP contribution in [0.25, 0.3) is 0 Å². The molecular formula is C13H17N5O. The molecule has 0 radical (unpaired) electrons. The highest BCUT2D eigenvalue weighted by Crippen LogP contribution is 2.21. The summed E-state index contributed by atoms with van der Waals surface area (Å²) in [7, 11) is 3.42. The maximum absolute atomic E-state index is 11.8. The number of aromatic nitrogens is 2. The number of carbonyl (C=O) groups excluding carboxylic acids is 1. The van der Waals surface area contributed by atoms with Gasteiger partial charge < -0.3 is 20.9 Å². The number of aromatic amines is 1. The second-order valence-corrected chi connectivity index (χ2v) is 4.43. The van der Waals surface area contributed by atoms with Gasteiger partial charge in [-0.2, -0.15) is 0 Å². The zero-order valence-corrected chi connectivity index (χ0v) is 11.0. The molecule has 0 unspecified atom stereocenters. The molecule has 19 heavy (non-hydrogen) atoms. The molecule has 2 aromatic rings. The first-order valence-electron chi connectivity index (χ1n) is 5.90. The van der Waals surface area contributed by atoms with Crippen LogP contribution < -0.4 is 11.1 Å². The van der Waals surface area contributed by atoms with Crippen molar-refractivity contribution in [2.75, 3.05) is 25.1 Å². The van der Waals surface area contributed by atoms with Crippen LogP contribution in [0.4, 0.5) is 11.4 Å². The van der Waals surface area contributed by atoms with Gasteiger partial charge in [-0.25, -0.2) is 4.98 Å². The lowest BCUT2D eigenvalue weighted by molar-refractivity contribution is 0.0827. The summed E-state index contributed by atoms with van der Waals surface area (Å²) in [4.78, 5) is 20.2. The highest BCUT2D eigenvalue weighted by molar-refractivity contribution is 5.95. The molecule has 0 saturated heterocycles. The number of nitrogen functional groups attached to an aromatic ring is 1. The van der Waals surface area contributed by atoms with Gasteiger partial charge in [0.2, 0.25) is 0 Å². The van der Waals surface area contributed by atoms with Gasteiger partial charge in [0.15, 0.2) is 0 Å². The number of nitrogens with one attached hydrogen (secondary N) is 2. The Hall–Kier alpha value is -2.50. The van der Waals surface area contributed by atoms with Crippen LogP contribution >= 0.6 is 0 Å². The van der Waals surface area contributed by atoms with Crippen molar-refractivity contribution in [1.82, 2.24) is 14.9 Å². The Bertz CT molecular complexity index is 562. The topological polar surface area (TPSA) is 87.0 Å². The average molecular weight is 259 g/mol. The highest BCUT2D eigenvalue weighted by atomic mass is 16.2. The van der Waals surface area contributed by atoms with Gasteiger partial charge in [0.1, 0.15) is 0 Å². The van der Waals surface area contributed by atoms with Crippen molar-refractivity contribution in [3.63, 3.8) is 0 Å². The lowest BCUT2D eigenvalue weighted by Gasteiger charge is -2.13. The maximum Gasteiger partial charge on any atom is 0.253 e. The molecule has 6 nitrogen and oxygen atoms in total. The third-order valence-corrected chi connectivity index (χ3v) is 2.73. The van der Waals surface area contributed by atoms with E-state index >= 15 is 0 Å². The molecule has 1 heterocycles. The number of rotatable bonds is 4. The average Bonchev–Trinajstić information content (AvgIpc) is 2.89. The number of carbonyl (C=O) groups is 1. The van der Waals surface area contributed by atoms with Crippen LogP contribution in [0.3, 0.4) is 0 Å². The summed E-state index contributed by atoms with van der Waals surface area (Å²) in [6.45, 7) is 0.602. The minimum absolute atomic E-state index is 0.0631. The van der Waals surface area contributed by atoms with Gasteiger partial charge in [0, 0.05) is 25.9 Å². The highest BCUT2D eigenvalue weighted by Gasteiger charge is 2.09. The third kappa shape index (κ3) is 3.04. The molecular weight excluding hydrogens is 242 g/mol. The normalized spacial score (nSPS) is 10.2. The molecule has 0 spiro atoms. The van der Waals surface area contributed by atoms with Gasteiger partial charge in [-0.05, 0) is 18.2 Å². The summed E-state index contributed by atoms with van der Waals surface area (Å²) >= 11 is 0. The van der Waals surface area contributed by atoms with Crippen LogP contribution in [0.1, 0.15) is 16.1 Å². The van der Waals surface area contributed by atoms with Crippen molar-refractivity contribution in [2.45, 2.75) is 6.54 Å². The molecule has 0 aliphatic carbocycles. The lowest BCUT2D eigenvalue weighted by atomic mass is 10.1. The fourth-order valence-electron chi connectivity index (χ4n) is 1.69. The van der Waals surface area contributed by atoms with E-state index in [2.05, 4.69) is 15.3 Å². The summed E-state index contributed by atoms with van der Waals surface area (Å²) in [5.74, 6) is -0.0631. The molecule has 100 valence electrons. The van der Waals surface area contributed by atoms with Gasteiger partial charge in [-0.1, -0.05) is 0 Å². The summed E-state index contributed by atoms with van der Waals surface area (Å²) in [6.07, 6.45) is 3.37. The Morgan fingerprint density at radius 1 is 1.47 bits per heavy atom. The minimum Gasteiger partial charge on any atom is -0.397 e. The molecule has 1 amide bonds. The van der Waals surface area contributed by atoms with Gasteiger partial charge in [0.25, 0.3) is 5.91 Å². The maximum atomic E-state index is 11.8. The van der Waals surface area contributed by atoms with Crippen molar-refractivity contribution in [2.24, 2.45) is 0 Å². The molecule has 0 aliphatic heterocycles. The van der Waals surface area contributed by atoms with Crippen LogP contribution in [-0.4, -0.2) is 34.9 Å². The molecule has 1 aromatic carbocycles. The molecule has 4 N–H and O–H groups in total. The largest absolute Gasteiger partial charge is 0.397 e. The van der Waals surface area contributed by atoms with Crippen molar-refractivity contribution < 1.29 is 4.79 Å². The fraction of sp³-hybridized carbons (Fsp3) is 0.231. The van der Waals surface area contributed by atoms with E-state index in [-0.39, 0.29) is 5.91 Å². The number of hydrogen-bond donors (Lipinski definition) is 3. The van der Waals surface area contributed by atoms with E-state index in [0.29, 0.717) is 17.8 Å². The molecule has 0 saturated carbocycles. The van der Waals surface area contributed by atoms with Crippen LogP contribution in [0.5, 0.6) is 0 Å². The number of hydrogen-bond acceptors (Lipinski definition) is 4. The fourth-order valence-corrected chi connectivity index (χ4v) is 1.69. The SMILES string of the molecule is CN(C)C(=O)c1ccc(NCc2cnc[nH]2)c(N)c1. The Morgan fingerprint density at radius 3 is 2.84 bits per heavy atom. The van der Waals surface area contributed by atoms with Crippen LogP contribution in [0, 0.1) is 0 Å². The summed E-state index contributed by atoms with van der Waals surface area (Å²) in [5.41, 5.74) is 8.83. The number of imidazole rings is 1. The quantitative estimate of drug-likeness (QED) is 0.722. The number of benzene rings is 1. The number of nitrogens with two attached hydrogens (primary N) is 1. The second kappa shape index (κ2) is 5.43. The predicted molar refractivity (Wildman–Crippen MR) is 74.8 cm³/mol. The zero-order chi connectivity index (χ0) is 13.8. The zero-order valence-electron chi connectivity index (χ0n) is 11.0. The van der Waals surface area contributed by atoms with E-state index in [9.17, 15) is 4.79 Å². The standard InChI is InChI=1S/C13H17N5O/c1-18(2)13(19)9-3-4-12(11(14)5-9)16-7-10-6-15-8-17-10/h3-6,8,16H,7,14H2,1-2H3,(H,15,17). The Balaban J connectivity index is 2.09. The van der Waals surface area contributed by atoms with Crippen molar-refractivity contribution in [3.8, 4) is 0 Å². The summed E-state index contributed by atoms with van der Waals surface area (Å²) in [6, 6.07) is 5.24. The Morgan fingerprint density at radius 2 is 2.26 bits per heavy atom. The molecule has 6 heteroatoms. The lowest BCUT2D eigenvalue weighted by Crippen LogP contribution is -2.21. The van der Waals surface area contributed by atoms with Crippen LogP contribution in [0.15, 0.2) is 30.7 Å². The molecule has 2 rings (SSSR count). The first-order valence-corrected chi connectivity index (χ1v) is 5.90. The van der Waals surface area contributed by atoms with Crippen LogP contribution in [0.2, 0.25) is 0 Å². The van der Waals surface area contributed by atoms with E-state index in [1.54, 1.807) is 38.8 Å². The predicted octanol–water partition coefficient (Wildman–Crippen LogP) is 1.31. The van der Waals surface area contributed by atoms with E-state index in [0.717, 1.165) is 11.4 Å². The smallest absolute Gasteiger partial charge is 0.253 e. The van der Waals surface area contributed by atoms with Crippen molar-refractivity contribution in [3.05, 3.63) is 42.0 Å². The first-order chi connectivity index (χ1) is 9.08. The van der Waals surface area contributed by atoms with Crippen molar-refractivity contribution in [1.29, 1.82) is 0 Å². The summed E-state index contributed by atoms with van der Waals surface area (Å²) in [5, 5.41) is 3.19. The number of anilines is 2. The van der Waals surface area contributed by atoms with Crippen molar-refractivity contribution >= 4 is 17.3 Å². The molecule has 1 aromatic heterocycles. The van der Waals surface area contributed by atoms with E-state index in [1.165, 1.54) is 4.90 Å². The van der Waals surface area contributed by atoms with E-state index < -0.39 is 0 Å². The minimum atomic E-state index is -0.0631. The number of nitrogens with zero attached hydrogens (tertiary/aromatic N) is 2. The number of H-pyrrole nitrogens is 1. The van der Waals surface area contributed by atoms with Gasteiger partial charge in [-0.15, -0.1) is 0 Å². The van der Waals surface area contributed by atoms with E-state index in [4.69, 9.17) is 5.73 Å². The molecule has 0 bridgehead atoms. The summed E-state index contributed by atoms with van der Waals surface area (Å²) < 4.78 is 0.